The van der Waals surface area contributed by atoms with Gasteiger partial charge in [0.1, 0.15) is 5.75 Å². The maximum atomic E-state index is 12.9. The molecule has 0 aliphatic carbocycles. The molecule has 1 aliphatic rings. The number of nitrogens with zero attached hydrogens (tertiary/aromatic N) is 1. The summed E-state index contributed by atoms with van der Waals surface area (Å²) in [6.45, 7) is 0.728. The average Bonchev–Trinajstić information content (AvgIpc) is 2.88. The molecule has 2 aromatic carbocycles. The molecular formula is C20H23ClN2O2. The van der Waals surface area contributed by atoms with Crippen LogP contribution in [0, 0.1) is 0 Å². The van der Waals surface area contributed by atoms with E-state index in [0.717, 1.165) is 49.2 Å². The predicted molar refractivity (Wildman–Crippen MR) is 101 cm³/mol. The van der Waals surface area contributed by atoms with E-state index in [1.54, 1.807) is 7.11 Å². The maximum Gasteiger partial charge on any atom is 0.322 e. The fourth-order valence-electron chi connectivity index (χ4n) is 3.32. The van der Waals surface area contributed by atoms with Crippen molar-refractivity contribution in [3.05, 3.63) is 59.1 Å². The van der Waals surface area contributed by atoms with Gasteiger partial charge in [0.05, 0.1) is 13.2 Å². The molecule has 5 heteroatoms. The zero-order valence-electron chi connectivity index (χ0n) is 14.4. The van der Waals surface area contributed by atoms with Crippen LogP contribution in [0.2, 0.25) is 5.02 Å². The summed E-state index contributed by atoms with van der Waals surface area (Å²) in [6, 6.07) is 15.1. The highest BCUT2D eigenvalue weighted by Gasteiger charge is 2.28. The summed E-state index contributed by atoms with van der Waals surface area (Å²) < 4.78 is 5.23. The molecule has 0 bridgehead atoms. The Morgan fingerprint density at radius 1 is 1.16 bits per heavy atom. The van der Waals surface area contributed by atoms with Gasteiger partial charge in [-0.3, -0.25) is 0 Å². The number of methoxy groups -OCH3 is 1. The van der Waals surface area contributed by atoms with Crippen molar-refractivity contribution in [3.63, 3.8) is 0 Å². The molecular weight excluding hydrogens is 336 g/mol. The Kier molecular flexibility index (Phi) is 5.82. The zero-order valence-corrected chi connectivity index (χ0v) is 15.1. The first-order chi connectivity index (χ1) is 12.2. The van der Waals surface area contributed by atoms with Gasteiger partial charge < -0.3 is 15.0 Å². The van der Waals surface area contributed by atoms with Gasteiger partial charge >= 0.3 is 6.03 Å². The van der Waals surface area contributed by atoms with Crippen molar-refractivity contribution in [2.75, 3.05) is 19.0 Å². The number of likely N-dealkylation sites (tertiary alicyclic amines) is 1. The number of anilines is 1. The molecule has 1 aliphatic heterocycles. The van der Waals surface area contributed by atoms with Crippen LogP contribution in [0.25, 0.3) is 0 Å². The zero-order chi connectivity index (χ0) is 17.6. The molecule has 1 unspecified atom stereocenters. The summed E-state index contributed by atoms with van der Waals surface area (Å²) in [5.74, 6) is 0.719. The lowest BCUT2D eigenvalue weighted by Crippen LogP contribution is -2.38. The Bertz CT molecular complexity index is 735. The number of halogens is 1. The van der Waals surface area contributed by atoms with E-state index < -0.39 is 0 Å². The summed E-state index contributed by atoms with van der Waals surface area (Å²) in [5.41, 5.74) is 1.75. The monoisotopic (exact) mass is 358 g/mol. The summed E-state index contributed by atoms with van der Waals surface area (Å²) in [5, 5.41) is 3.71. The van der Waals surface area contributed by atoms with Gasteiger partial charge in [0.15, 0.2) is 0 Å². The molecule has 0 saturated carbocycles. The highest BCUT2D eigenvalue weighted by Crippen LogP contribution is 2.34. The van der Waals surface area contributed by atoms with Crippen LogP contribution in [0.4, 0.5) is 10.5 Å². The SMILES string of the molecule is COc1cccc(NC(=O)N2CCCCCC2c2ccccc2Cl)c1. The lowest BCUT2D eigenvalue weighted by Gasteiger charge is -2.31. The molecule has 3 rings (SSSR count). The normalized spacial score (nSPS) is 17.7. The minimum atomic E-state index is -0.0972. The number of benzene rings is 2. The van der Waals surface area contributed by atoms with Gasteiger partial charge in [0.25, 0.3) is 0 Å². The molecule has 1 fully saturated rings. The Morgan fingerprint density at radius 2 is 2.00 bits per heavy atom. The number of rotatable bonds is 3. The van der Waals surface area contributed by atoms with Crippen LogP contribution in [-0.4, -0.2) is 24.6 Å². The molecule has 1 N–H and O–H groups in total. The number of carbonyl (C=O) groups is 1. The van der Waals surface area contributed by atoms with Crippen molar-refractivity contribution in [2.45, 2.75) is 31.7 Å². The molecule has 1 heterocycles. The predicted octanol–water partition coefficient (Wildman–Crippen LogP) is 5.50. The number of hydrogen-bond donors (Lipinski definition) is 1. The van der Waals surface area contributed by atoms with Crippen molar-refractivity contribution < 1.29 is 9.53 Å². The number of hydrogen-bond acceptors (Lipinski definition) is 2. The van der Waals surface area contributed by atoms with Gasteiger partial charge in [-0.2, -0.15) is 0 Å². The highest BCUT2D eigenvalue weighted by molar-refractivity contribution is 6.31. The van der Waals surface area contributed by atoms with Gasteiger partial charge in [-0.15, -0.1) is 0 Å². The quantitative estimate of drug-likeness (QED) is 0.787. The van der Waals surface area contributed by atoms with Crippen molar-refractivity contribution in [1.29, 1.82) is 0 Å². The minimum Gasteiger partial charge on any atom is -0.497 e. The third-order valence-electron chi connectivity index (χ3n) is 4.60. The maximum absolute atomic E-state index is 12.9. The number of nitrogens with one attached hydrogen (secondary N) is 1. The molecule has 0 aromatic heterocycles. The van der Waals surface area contributed by atoms with E-state index in [-0.39, 0.29) is 12.1 Å². The first-order valence-corrected chi connectivity index (χ1v) is 9.03. The lowest BCUT2D eigenvalue weighted by atomic mass is 10.0. The van der Waals surface area contributed by atoms with Crippen LogP contribution in [0.5, 0.6) is 5.75 Å². The van der Waals surface area contributed by atoms with E-state index in [4.69, 9.17) is 16.3 Å². The van der Waals surface area contributed by atoms with E-state index in [9.17, 15) is 4.79 Å². The first kappa shape index (κ1) is 17.6. The average molecular weight is 359 g/mol. The second-order valence-corrected chi connectivity index (χ2v) is 6.65. The third-order valence-corrected chi connectivity index (χ3v) is 4.94. The van der Waals surface area contributed by atoms with E-state index in [0.29, 0.717) is 5.02 Å². The molecule has 0 spiro atoms. The molecule has 0 radical (unpaired) electrons. The van der Waals surface area contributed by atoms with Crippen molar-refractivity contribution in [2.24, 2.45) is 0 Å². The van der Waals surface area contributed by atoms with E-state index in [1.165, 1.54) is 0 Å². The van der Waals surface area contributed by atoms with Crippen LogP contribution in [0.1, 0.15) is 37.3 Å². The van der Waals surface area contributed by atoms with E-state index in [2.05, 4.69) is 5.32 Å². The smallest absolute Gasteiger partial charge is 0.322 e. The van der Waals surface area contributed by atoms with E-state index >= 15 is 0 Å². The number of amides is 2. The van der Waals surface area contributed by atoms with Crippen LogP contribution in [0.3, 0.4) is 0 Å². The minimum absolute atomic E-state index is 0.00167. The van der Waals surface area contributed by atoms with E-state index in [1.807, 2.05) is 53.4 Å². The molecule has 1 atom stereocenters. The summed E-state index contributed by atoms with van der Waals surface area (Å²) >= 11 is 6.41. The van der Waals surface area contributed by atoms with Crippen LogP contribution >= 0.6 is 11.6 Å². The molecule has 25 heavy (non-hydrogen) atoms. The second kappa shape index (κ2) is 8.26. The van der Waals surface area contributed by atoms with Crippen molar-refractivity contribution in [1.82, 2.24) is 4.90 Å². The topological polar surface area (TPSA) is 41.6 Å². The first-order valence-electron chi connectivity index (χ1n) is 8.65. The van der Waals surface area contributed by atoms with Gasteiger partial charge in [0.2, 0.25) is 0 Å². The fraction of sp³-hybridized carbons (Fsp3) is 0.350. The Labute approximate surface area is 153 Å². The Balaban J connectivity index is 1.83. The standard InChI is InChI=1S/C20H23ClN2O2/c1-25-16-9-7-8-15(14-16)22-20(24)23-13-6-2-3-12-19(23)17-10-4-5-11-18(17)21/h4-5,7-11,14,19H,2-3,6,12-13H2,1H3,(H,22,24). The van der Waals surface area contributed by atoms with Crippen molar-refractivity contribution >= 4 is 23.3 Å². The largest absolute Gasteiger partial charge is 0.497 e. The molecule has 132 valence electrons. The number of urea groups is 1. The molecule has 2 amide bonds. The Morgan fingerprint density at radius 3 is 2.80 bits per heavy atom. The van der Waals surface area contributed by atoms with Gasteiger partial charge in [-0.05, 0) is 36.6 Å². The number of ether oxygens (including phenoxy) is 1. The van der Waals surface area contributed by atoms with Crippen LogP contribution < -0.4 is 10.1 Å². The lowest BCUT2D eigenvalue weighted by molar-refractivity contribution is 0.189. The highest BCUT2D eigenvalue weighted by atomic mass is 35.5. The fourth-order valence-corrected chi connectivity index (χ4v) is 3.58. The second-order valence-electron chi connectivity index (χ2n) is 6.24. The van der Waals surface area contributed by atoms with Gasteiger partial charge in [-0.25, -0.2) is 4.79 Å². The van der Waals surface area contributed by atoms with Gasteiger partial charge in [-0.1, -0.05) is 48.7 Å². The Hall–Kier alpha value is -2.20. The third kappa shape index (κ3) is 4.26. The summed E-state index contributed by atoms with van der Waals surface area (Å²) in [4.78, 5) is 14.9. The molecule has 1 saturated heterocycles. The summed E-state index contributed by atoms with van der Waals surface area (Å²) in [6.07, 6.45) is 4.16. The molecule has 4 nitrogen and oxygen atoms in total. The molecule has 2 aromatic rings. The van der Waals surface area contributed by atoms with Crippen molar-refractivity contribution in [3.8, 4) is 5.75 Å². The van der Waals surface area contributed by atoms with Gasteiger partial charge in [0, 0.05) is 23.3 Å². The van der Waals surface area contributed by atoms with Crippen LogP contribution in [-0.2, 0) is 0 Å². The van der Waals surface area contributed by atoms with Crippen LogP contribution in [0.15, 0.2) is 48.5 Å². The summed E-state index contributed by atoms with van der Waals surface area (Å²) in [7, 11) is 1.61. The number of carbonyl (C=O) groups excluding carboxylic acids is 1.